The van der Waals surface area contributed by atoms with Gasteiger partial charge in [-0.15, -0.1) is 0 Å². The summed E-state index contributed by atoms with van der Waals surface area (Å²) in [6.45, 7) is 4.08. The summed E-state index contributed by atoms with van der Waals surface area (Å²) in [5.41, 5.74) is 1.19. The van der Waals surface area contributed by atoms with Crippen molar-refractivity contribution >= 4 is 16.9 Å². The number of hydrogen-bond acceptors (Lipinski definition) is 3. The monoisotopic (exact) mass is 238 g/mol. The summed E-state index contributed by atoms with van der Waals surface area (Å²) in [6.07, 6.45) is 0.602. The first-order valence-electron chi connectivity index (χ1n) is 5.47. The SMILES string of the molecule is CCSC(=O)CC(C)c1ccc(OC)cc1. The first kappa shape index (κ1) is 13.1. The molecule has 1 unspecified atom stereocenters. The highest BCUT2D eigenvalue weighted by Crippen LogP contribution is 2.24. The summed E-state index contributed by atoms with van der Waals surface area (Å²) in [5, 5.41) is 0.269. The Kier molecular flexibility index (Phi) is 5.39. The highest BCUT2D eigenvalue weighted by molar-refractivity contribution is 8.13. The predicted molar refractivity (Wildman–Crippen MR) is 69.2 cm³/mol. The quantitative estimate of drug-likeness (QED) is 0.785. The van der Waals surface area contributed by atoms with E-state index in [2.05, 4.69) is 6.92 Å². The average Bonchev–Trinajstić information content (AvgIpc) is 2.29. The molecule has 16 heavy (non-hydrogen) atoms. The van der Waals surface area contributed by atoms with Crippen LogP contribution in [0.5, 0.6) is 5.75 Å². The Balaban J connectivity index is 2.58. The van der Waals surface area contributed by atoms with E-state index in [9.17, 15) is 4.79 Å². The summed E-state index contributed by atoms with van der Waals surface area (Å²) >= 11 is 1.40. The molecule has 0 saturated carbocycles. The minimum atomic E-state index is 0.269. The highest BCUT2D eigenvalue weighted by atomic mass is 32.2. The van der Waals surface area contributed by atoms with E-state index in [0.29, 0.717) is 6.42 Å². The molecule has 3 heteroatoms. The molecule has 0 bridgehead atoms. The molecule has 0 aromatic heterocycles. The third-order valence-electron chi connectivity index (χ3n) is 2.46. The Morgan fingerprint density at radius 2 is 2.00 bits per heavy atom. The fourth-order valence-electron chi connectivity index (χ4n) is 1.52. The molecule has 0 fully saturated rings. The minimum Gasteiger partial charge on any atom is -0.497 e. The van der Waals surface area contributed by atoms with Crippen molar-refractivity contribution in [2.75, 3.05) is 12.9 Å². The molecule has 1 aromatic carbocycles. The van der Waals surface area contributed by atoms with Gasteiger partial charge in [0.05, 0.1) is 7.11 Å². The minimum absolute atomic E-state index is 0.269. The first-order valence-corrected chi connectivity index (χ1v) is 6.45. The maximum Gasteiger partial charge on any atom is 0.189 e. The smallest absolute Gasteiger partial charge is 0.189 e. The van der Waals surface area contributed by atoms with Crippen LogP contribution in [-0.2, 0) is 4.79 Å². The van der Waals surface area contributed by atoms with Gasteiger partial charge >= 0.3 is 0 Å². The van der Waals surface area contributed by atoms with Crippen LogP contribution in [-0.4, -0.2) is 18.0 Å². The number of thioether (sulfide) groups is 1. The van der Waals surface area contributed by atoms with Crippen LogP contribution >= 0.6 is 11.8 Å². The van der Waals surface area contributed by atoms with Crippen LogP contribution in [0.4, 0.5) is 0 Å². The highest BCUT2D eigenvalue weighted by Gasteiger charge is 2.11. The van der Waals surface area contributed by atoms with Crippen LogP contribution < -0.4 is 4.74 Å². The van der Waals surface area contributed by atoms with Gasteiger partial charge in [0.15, 0.2) is 5.12 Å². The summed E-state index contributed by atoms with van der Waals surface area (Å²) in [5.74, 6) is 1.98. The fraction of sp³-hybridized carbons (Fsp3) is 0.462. The van der Waals surface area contributed by atoms with Crippen LogP contribution in [0.15, 0.2) is 24.3 Å². The standard InChI is InChI=1S/C13H18O2S/c1-4-16-13(14)9-10(2)11-5-7-12(15-3)8-6-11/h5-8,10H,4,9H2,1-3H3. The van der Waals surface area contributed by atoms with E-state index < -0.39 is 0 Å². The van der Waals surface area contributed by atoms with Crippen molar-refractivity contribution in [2.45, 2.75) is 26.2 Å². The van der Waals surface area contributed by atoms with Crippen molar-refractivity contribution < 1.29 is 9.53 Å². The van der Waals surface area contributed by atoms with E-state index in [1.54, 1.807) is 7.11 Å². The van der Waals surface area contributed by atoms with E-state index in [1.165, 1.54) is 17.3 Å². The molecular weight excluding hydrogens is 220 g/mol. The molecule has 0 aliphatic heterocycles. The summed E-state index contributed by atoms with van der Waals surface area (Å²) in [4.78, 5) is 11.5. The third-order valence-corrected chi connectivity index (χ3v) is 3.24. The van der Waals surface area contributed by atoms with Gasteiger partial charge in [-0.25, -0.2) is 0 Å². The zero-order valence-electron chi connectivity index (χ0n) is 10.0. The van der Waals surface area contributed by atoms with Gasteiger partial charge in [-0.1, -0.05) is 37.7 Å². The summed E-state index contributed by atoms with van der Waals surface area (Å²) in [6, 6.07) is 7.91. The van der Waals surface area contributed by atoms with E-state index in [-0.39, 0.29) is 11.0 Å². The van der Waals surface area contributed by atoms with Crippen molar-refractivity contribution in [1.29, 1.82) is 0 Å². The van der Waals surface area contributed by atoms with Crippen molar-refractivity contribution in [3.63, 3.8) is 0 Å². The zero-order chi connectivity index (χ0) is 12.0. The molecule has 0 N–H and O–H groups in total. The Labute approximate surface area is 101 Å². The molecule has 0 aliphatic rings. The van der Waals surface area contributed by atoms with Gasteiger partial charge in [0.1, 0.15) is 5.75 Å². The zero-order valence-corrected chi connectivity index (χ0v) is 10.8. The molecule has 2 nitrogen and oxygen atoms in total. The number of rotatable bonds is 5. The normalized spacial score (nSPS) is 12.2. The molecule has 1 rings (SSSR count). The molecule has 0 spiro atoms. The molecule has 0 radical (unpaired) electrons. The number of carbonyl (C=O) groups is 1. The molecule has 88 valence electrons. The van der Waals surface area contributed by atoms with E-state index in [0.717, 1.165) is 11.5 Å². The second kappa shape index (κ2) is 6.59. The molecule has 0 amide bonds. The fourth-order valence-corrected chi connectivity index (χ4v) is 2.21. The van der Waals surface area contributed by atoms with Crippen LogP contribution in [0, 0.1) is 0 Å². The van der Waals surface area contributed by atoms with Crippen LogP contribution in [0.25, 0.3) is 0 Å². The maximum absolute atomic E-state index is 11.5. The number of benzene rings is 1. The Morgan fingerprint density at radius 1 is 1.38 bits per heavy atom. The molecule has 0 aliphatic carbocycles. The number of carbonyl (C=O) groups excluding carboxylic acids is 1. The predicted octanol–water partition coefficient (Wildman–Crippen LogP) is 3.47. The molecular formula is C13H18O2S. The average molecular weight is 238 g/mol. The van der Waals surface area contributed by atoms with Crippen LogP contribution in [0.2, 0.25) is 0 Å². The maximum atomic E-state index is 11.5. The molecule has 1 aromatic rings. The van der Waals surface area contributed by atoms with Crippen LogP contribution in [0.3, 0.4) is 0 Å². The van der Waals surface area contributed by atoms with Gasteiger partial charge in [0, 0.05) is 6.42 Å². The lowest BCUT2D eigenvalue weighted by molar-refractivity contribution is -0.111. The van der Waals surface area contributed by atoms with Gasteiger partial charge in [-0.05, 0) is 29.4 Å². The van der Waals surface area contributed by atoms with Crippen LogP contribution in [0.1, 0.15) is 31.7 Å². The summed E-state index contributed by atoms with van der Waals surface area (Å²) in [7, 11) is 1.65. The van der Waals surface area contributed by atoms with Gasteiger partial charge in [0.25, 0.3) is 0 Å². The largest absolute Gasteiger partial charge is 0.497 e. The Morgan fingerprint density at radius 3 is 2.50 bits per heavy atom. The van der Waals surface area contributed by atoms with Gasteiger partial charge in [0.2, 0.25) is 0 Å². The second-order valence-electron chi connectivity index (χ2n) is 3.68. The Bertz CT molecular complexity index is 332. The lowest BCUT2D eigenvalue weighted by atomic mass is 9.98. The van der Waals surface area contributed by atoms with Gasteiger partial charge < -0.3 is 4.74 Å². The molecule has 0 saturated heterocycles. The number of methoxy groups -OCH3 is 1. The van der Waals surface area contributed by atoms with Gasteiger partial charge in [-0.3, -0.25) is 4.79 Å². The second-order valence-corrected chi connectivity index (χ2v) is 5.00. The van der Waals surface area contributed by atoms with E-state index in [4.69, 9.17) is 4.74 Å². The lowest BCUT2D eigenvalue weighted by Crippen LogP contribution is -2.01. The molecule has 0 heterocycles. The summed E-state index contributed by atoms with van der Waals surface area (Å²) < 4.78 is 5.10. The van der Waals surface area contributed by atoms with E-state index in [1.807, 2.05) is 31.2 Å². The number of ether oxygens (including phenoxy) is 1. The first-order chi connectivity index (χ1) is 7.67. The van der Waals surface area contributed by atoms with Crippen molar-refractivity contribution in [3.8, 4) is 5.75 Å². The van der Waals surface area contributed by atoms with Crippen molar-refractivity contribution in [2.24, 2.45) is 0 Å². The lowest BCUT2D eigenvalue weighted by Gasteiger charge is -2.11. The van der Waals surface area contributed by atoms with Crippen molar-refractivity contribution in [1.82, 2.24) is 0 Å². The Hall–Kier alpha value is -0.960. The van der Waals surface area contributed by atoms with Crippen molar-refractivity contribution in [3.05, 3.63) is 29.8 Å². The number of hydrogen-bond donors (Lipinski definition) is 0. The van der Waals surface area contributed by atoms with Gasteiger partial charge in [-0.2, -0.15) is 0 Å². The molecule has 1 atom stereocenters. The van der Waals surface area contributed by atoms with E-state index >= 15 is 0 Å². The topological polar surface area (TPSA) is 26.3 Å². The third kappa shape index (κ3) is 3.89.